The zero-order valence-electron chi connectivity index (χ0n) is 10.3. The molecule has 17 heavy (non-hydrogen) atoms. The van der Waals surface area contributed by atoms with Gasteiger partial charge in [0, 0.05) is 23.4 Å². The van der Waals surface area contributed by atoms with Crippen LogP contribution in [0.1, 0.15) is 25.6 Å². The Kier molecular flexibility index (Phi) is 3.84. The van der Waals surface area contributed by atoms with E-state index < -0.39 is 0 Å². The van der Waals surface area contributed by atoms with Crippen LogP contribution < -0.4 is 4.90 Å². The van der Waals surface area contributed by atoms with Gasteiger partial charge >= 0.3 is 0 Å². The molecule has 0 aliphatic heterocycles. The van der Waals surface area contributed by atoms with E-state index in [0.717, 1.165) is 35.7 Å². The number of fused-ring (bicyclic) bond motifs is 1. The first-order chi connectivity index (χ1) is 8.19. The van der Waals surface area contributed by atoms with Crippen LogP contribution in [0.3, 0.4) is 0 Å². The first-order valence-electron chi connectivity index (χ1n) is 5.90. The fraction of sp³-hybridized carbons (Fsp3) is 0.500. The molecule has 2 heterocycles. The van der Waals surface area contributed by atoms with Gasteiger partial charge in [-0.25, -0.2) is 9.97 Å². The lowest BCUT2D eigenvalue weighted by molar-refractivity contribution is 0.827. The molecule has 0 saturated carbocycles. The highest BCUT2D eigenvalue weighted by Crippen LogP contribution is 2.30. The van der Waals surface area contributed by atoms with Gasteiger partial charge in [-0.3, -0.25) is 0 Å². The zero-order valence-corrected chi connectivity index (χ0v) is 11.9. The SMILES string of the molecule is CCc1cc2c(Cl)nc(N(CC)CC)nc2s1. The third-order valence-corrected chi connectivity index (χ3v) is 4.24. The molecular formula is C12H16ClN3S. The molecule has 0 aliphatic carbocycles. The average molecular weight is 270 g/mol. The number of rotatable bonds is 4. The van der Waals surface area contributed by atoms with Crippen molar-refractivity contribution in [3.8, 4) is 0 Å². The van der Waals surface area contributed by atoms with Gasteiger partial charge in [0.05, 0.1) is 0 Å². The van der Waals surface area contributed by atoms with Gasteiger partial charge in [0.1, 0.15) is 9.98 Å². The number of aryl methyl sites for hydroxylation is 1. The molecule has 2 aromatic rings. The van der Waals surface area contributed by atoms with Crippen molar-refractivity contribution in [3.63, 3.8) is 0 Å². The van der Waals surface area contributed by atoms with E-state index in [9.17, 15) is 0 Å². The predicted octanol–water partition coefficient (Wildman–Crippen LogP) is 3.75. The molecule has 0 aliphatic rings. The van der Waals surface area contributed by atoms with Crippen LogP contribution in [0.4, 0.5) is 5.95 Å². The Morgan fingerprint density at radius 2 is 1.94 bits per heavy atom. The summed E-state index contributed by atoms with van der Waals surface area (Å²) in [5.41, 5.74) is 0. The van der Waals surface area contributed by atoms with Crippen molar-refractivity contribution >= 4 is 39.1 Å². The lowest BCUT2D eigenvalue weighted by Crippen LogP contribution is -2.24. The molecule has 0 radical (unpaired) electrons. The molecule has 0 bridgehead atoms. The van der Waals surface area contributed by atoms with Crippen molar-refractivity contribution in [1.29, 1.82) is 0 Å². The summed E-state index contributed by atoms with van der Waals surface area (Å²) in [6.07, 6.45) is 1.01. The molecule has 0 N–H and O–H groups in total. The molecule has 2 rings (SSSR count). The summed E-state index contributed by atoms with van der Waals surface area (Å²) in [5.74, 6) is 0.733. The maximum absolute atomic E-state index is 6.22. The number of hydrogen-bond acceptors (Lipinski definition) is 4. The lowest BCUT2D eigenvalue weighted by Gasteiger charge is -2.18. The zero-order chi connectivity index (χ0) is 12.4. The first kappa shape index (κ1) is 12.6. The van der Waals surface area contributed by atoms with Crippen LogP contribution in [0.15, 0.2) is 6.07 Å². The van der Waals surface area contributed by atoms with Crippen molar-refractivity contribution in [2.45, 2.75) is 27.2 Å². The molecule has 0 aromatic carbocycles. The van der Waals surface area contributed by atoms with E-state index >= 15 is 0 Å². The van der Waals surface area contributed by atoms with E-state index in [4.69, 9.17) is 11.6 Å². The predicted molar refractivity (Wildman–Crippen MR) is 75.4 cm³/mol. The van der Waals surface area contributed by atoms with Crippen LogP contribution in [0.25, 0.3) is 10.2 Å². The van der Waals surface area contributed by atoms with Crippen LogP contribution in [-0.4, -0.2) is 23.1 Å². The van der Waals surface area contributed by atoms with E-state index in [1.807, 2.05) is 0 Å². The minimum Gasteiger partial charge on any atom is -0.341 e. The van der Waals surface area contributed by atoms with E-state index in [2.05, 4.69) is 41.7 Å². The summed E-state index contributed by atoms with van der Waals surface area (Å²) >= 11 is 7.92. The maximum atomic E-state index is 6.22. The Hall–Kier alpha value is -0.870. The second kappa shape index (κ2) is 5.19. The molecule has 3 nitrogen and oxygen atoms in total. The Bertz CT molecular complexity index is 520. The standard InChI is InChI=1S/C12H16ClN3S/c1-4-8-7-9-10(13)14-12(15-11(9)17-8)16(5-2)6-3/h7H,4-6H2,1-3H3. The Morgan fingerprint density at radius 3 is 2.53 bits per heavy atom. The van der Waals surface area contributed by atoms with Gasteiger partial charge < -0.3 is 4.90 Å². The van der Waals surface area contributed by atoms with Crippen LogP contribution in [0.2, 0.25) is 5.15 Å². The third-order valence-electron chi connectivity index (χ3n) is 2.78. The number of thiophene rings is 1. The Morgan fingerprint density at radius 1 is 1.24 bits per heavy atom. The monoisotopic (exact) mass is 269 g/mol. The number of aromatic nitrogens is 2. The third kappa shape index (κ3) is 2.38. The smallest absolute Gasteiger partial charge is 0.228 e. The molecule has 0 spiro atoms. The Balaban J connectivity index is 2.53. The molecular weight excluding hydrogens is 254 g/mol. The number of anilines is 1. The second-order valence-corrected chi connectivity index (χ2v) is 5.25. The summed E-state index contributed by atoms with van der Waals surface area (Å²) in [6.45, 7) is 8.11. The average Bonchev–Trinajstić information content (AvgIpc) is 2.74. The van der Waals surface area contributed by atoms with Crippen molar-refractivity contribution < 1.29 is 0 Å². The fourth-order valence-electron chi connectivity index (χ4n) is 1.75. The van der Waals surface area contributed by atoms with Crippen LogP contribution in [-0.2, 0) is 6.42 Å². The summed E-state index contributed by atoms with van der Waals surface area (Å²) < 4.78 is 0. The fourth-order valence-corrected chi connectivity index (χ4v) is 2.99. The van der Waals surface area contributed by atoms with E-state index in [-0.39, 0.29) is 0 Å². The van der Waals surface area contributed by atoms with E-state index in [1.54, 1.807) is 11.3 Å². The Labute approximate surface area is 110 Å². The van der Waals surface area contributed by atoms with Gasteiger partial charge in [-0.05, 0) is 26.3 Å². The molecule has 2 aromatic heterocycles. The van der Waals surface area contributed by atoms with Crippen LogP contribution in [0.5, 0.6) is 0 Å². The van der Waals surface area contributed by atoms with Crippen LogP contribution >= 0.6 is 22.9 Å². The largest absolute Gasteiger partial charge is 0.341 e. The lowest BCUT2D eigenvalue weighted by atomic mass is 10.3. The quantitative estimate of drug-likeness (QED) is 0.792. The number of hydrogen-bond donors (Lipinski definition) is 0. The second-order valence-electron chi connectivity index (χ2n) is 3.77. The van der Waals surface area contributed by atoms with Crippen molar-refractivity contribution in [1.82, 2.24) is 9.97 Å². The number of nitrogens with zero attached hydrogens (tertiary/aromatic N) is 3. The number of halogens is 1. The summed E-state index contributed by atoms with van der Waals surface area (Å²) in [6, 6.07) is 2.09. The van der Waals surface area contributed by atoms with Crippen LogP contribution in [0, 0.1) is 0 Å². The highest BCUT2D eigenvalue weighted by Gasteiger charge is 2.12. The molecule has 0 unspecified atom stereocenters. The highest BCUT2D eigenvalue weighted by molar-refractivity contribution is 7.18. The molecule has 0 saturated heterocycles. The highest BCUT2D eigenvalue weighted by atomic mass is 35.5. The maximum Gasteiger partial charge on any atom is 0.228 e. The van der Waals surface area contributed by atoms with Gasteiger partial charge in [-0.15, -0.1) is 11.3 Å². The molecule has 0 fully saturated rings. The minimum absolute atomic E-state index is 0.563. The molecule has 0 atom stereocenters. The normalized spacial score (nSPS) is 11.1. The van der Waals surface area contributed by atoms with Gasteiger partial charge in [-0.1, -0.05) is 18.5 Å². The molecule has 0 amide bonds. The van der Waals surface area contributed by atoms with Crippen molar-refractivity contribution in [2.75, 3.05) is 18.0 Å². The van der Waals surface area contributed by atoms with Gasteiger partial charge in [-0.2, -0.15) is 0 Å². The summed E-state index contributed by atoms with van der Waals surface area (Å²) in [5, 5.41) is 1.54. The van der Waals surface area contributed by atoms with Crippen molar-refractivity contribution in [2.24, 2.45) is 0 Å². The van der Waals surface area contributed by atoms with Gasteiger partial charge in [0.25, 0.3) is 0 Å². The molecule has 5 heteroatoms. The molecule has 92 valence electrons. The topological polar surface area (TPSA) is 29.0 Å². The van der Waals surface area contributed by atoms with E-state index in [1.165, 1.54) is 4.88 Å². The minimum atomic E-state index is 0.563. The van der Waals surface area contributed by atoms with Gasteiger partial charge in [0.15, 0.2) is 0 Å². The summed E-state index contributed by atoms with van der Waals surface area (Å²) in [4.78, 5) is 13.4. The van der Waals surface area contributed by atoms with Crippen molar-refractivity contribution in [3.05, 3.63) is 16.1 Å². The first-order valence-corrected chi connectivity index (χ1v) is 7.09. The van der Waals surface area contributed by atoms with E-state index in [0.29, 0.717) is 5.15 Å². The van der Waals surface area contributed by atoms with Gasteiger partial charge in [0.2, 0.25) is 5.95 Å². The summed E-state index contributed by atoms with van der Waals surface area (Å²) in [7, 11) is 0.